The summed E-state index contributed by atoms with van der Waals surface area (Å²) in [5, 5.41) is 0. The van der Waals surface area contributed by atoms with E-state index in [1.165, 1.54) is 0 Å². The van der Waals surface area contributed by atoms with Crippen LogP contribution in [0, 0.1) is 23.7 Å². The third-order valence-electron chi connectivity index (χ3n) is 4.31. The van der Waals surface area contributed by atoms with Crippen LogP contribution in [-0.2, 0) is 4.79 Å². The number of hydrogen-bond donors (Lipinski definition) is 0. The van der Waals surface area contributed by atoms with Crippen molar-refractivity contribution in [2.45, 2.75) is 32.7 Å². The van der Waals surface area contributed by atoms with Crippen molar-refractivity contribution >= 4 is 5.91 Å². The van der Waals surface area contributed by atoms with Gasteiger partial charge in [-0.3, -0.25) is 4.79 Å². The number of hydrogen-bond acceptors (Lipinski definition) is 1. The Morgan fingerprint density at radius 2 is 1.81 bits per heavy atom. The molecule has 0 spiro atoms. The number of fused-ring (bicyclic) bond motifs is 5. The van der Waals surface area contributed by atoms with Gasteiger partial charge in [-0.25, -0.2) is 0 Å². The molecule has 3 rings (SSSR count). The predicted octanol–water partition coefficient (Wildman–Crippen LogP) is 2.58. The van der Waals surface area contributed by atoms with Gasteiger partial charge in [0.2, 0.25) is 5.91 Å². The van der Waals surface area contributed by atoms with Gasteiger partial charge in [0, 0.05) is 17.2 Å². The number of allylic oxidation sites excluding steroid dienone is 3. The topological polar surface area (TPSA) is 20.3 Å². The molecule has 4 unspecified atom stereocenters. The molecule has 2 fully saturated rings. The fourth-order valence-electron chi connectivity index (χ4n) is 3.81. The van der Waals surface area contributed by atoms with Crippen LogP contribution in [-0.4, -0.2) is 16.3 Å². The Bertz CT molecular complexity index is 371. The van der Waals surface area contributed by atoms with E-state index in [0.29, 0.717) is 23.7 Å². The van der Waals surface area contributed by atoms with E-state index >= 15 is 0 Å². The molecule has 2 heteroatoms. The van der Waals surface area contributed by atoms with Crippen molar-refractivity contribution in [2.75, 3.05) is 0 Å². The van der Waals surface area contributed by atoms with Crippen molar-refractivity contribution in [3.8, 4) is 0 Å². The third-order valence-corrected chi connectivity index (χ3v) is 4.31. The molecule has 1 amide bonds. The van der Waals surface area contributed by atoms with Crippen LogP contribution in [0.1, 0.15) is 27.2 Å². The van der Waals surface area contributed by atoms with Crippen molar-refractivity contribution in [3.05, 3.63) is 24.4 Å². The van der Waals surface area contributed by atoms with Crippen LogP contribution in [0.5, 0.6) is 0 Å². The van der Waals surface area contributed by atoms with Crippen LogP contribution in [0.15, 0.2) is 24.4 Å². The molecule has 0 N–H and O–H groups in total. The second-order valence-electron chi connectivity index (χ2n) is 6.34. The van der Waals surface area contributed by atoms with Gasteiger partial charge in [0.05, 0.1) is 5.92 Å². The summed E-state index contributed by atoms with van der Waals surface area (Å²) in [6.45, 7) is 10.5. The van der Waals surface area contributed by atoms with E-state index in [9.17, 15) is 4.79 Å². The average molecular weight is 217 g/mol. The van der Waals surface area contributed by atoms with Crippen LogP contribution in [0.2, 0.25) is 0 Å². The standard InChI is InChI=1S/C14H19NO/c1-8-11-9-5-6-10(7-9)12(11)13(16)15(8)14(2,3)4/h5-6,9-12H,1,7H2,2-4H3. The van der Waals surface area contributed by atoms with Crippen LogP contribution in [0.4, 0.5) is 0 Å². The Morgan fingerprint density at radius 3 is 2.31 bits per heavy atom. The lowest BCUT2D eigenvalue weighted by Crippen LogP contribution is -2.42. The smallest absolute Gasteiger partial charge is 0.231 e. The maximum atomic E-state index is 12.5. The van der Waals surface area contributed by atoms with E-state index in [2.05, 4.69) is 39.5 Å². The SMILES string of the molecule is C=C1C2C3C=CC(C3)C2C(=O)N1C(C)(C)C. The second kappa shape index (κ2) is 2.79. The first-order valence-electron chi connectivity index (χ1n) is 6.12. The van der Waals surface area contributed by atoms with Gasteiger partial charge in [-0.05, 0) is 39.0 Å². The highest BCUT2D eigenvalue weighted by molar-refractivity contribution is 5.87. The van der Waals surface area contributed by atoms with Gasteiger partial charge in [-0.1, -0.05) is 18.7 Å². The van der Waals surface area contributed by atoms with Gasteiger partial charge >= 0.3 is 0 Å². The summed E-state index contributed by atoms with van der Waals surface area (Å²) in [6.07, 6.45) is 5.69. The molecule has 2 aliphatic carbocycles. The summed E-state index contributed by atoms with van der Waals surface area (Å²) >= 11 is 0. The summed E-state index contributed by atoms with van der Waals surface area (Å²) in [4.78, 5) is 14.4. The van der Waals surface area contributed by atoms with E-state index in [-0.39, 0.29) is 11.5 Å². The second-order valence-corrected chi connectivity index (χ2v) is 6.34. The molecule has 1 heterocycles. The molecule has 1 saturated heterocycles. The molecule has 3 aliphatic rings. The number of carbonyl (C=O) groups excluding carboxylic acids is 1. The molecular weight excluding hydrogens is 198 g/mol. The van der Waals surface area contributed by atoms with Gasteiger partial charge in [0.1, 0.15) is 0 Å². The summed E-state index contributed by atoms with van der Waals surface area (Å²) in [5.41, 5.74) is 0.928. The molecule has 0 aromatic heterocycles. The molecule has 2 nitrogen and oxygen atoms in total. The number of nitrogens with zero attached hydrogens (tertiary/aromatic N) is 1. The van der Waals surface area contributed by atoms with Gasteiger partial charge in [0.15, 0.2) is 0 Å². The summed E-state index contributed by atoms with van der Waals surface area (Å²) < 4.78 is 0. The zero-order chi connectivity index (χ0) is 11.7. The van der Waals surface area contributed by atoms with Gasteiger partial charge in [-0.2, -0.15) is 0 Å². The maximum absolute atomic E-state index is 12.5. The highest BCUT2D eigenvalue weighted by Gasteiger charge is 2.57. The normalized spacial score (nSPS) is 41.1. The van der Waals surface area contributed by atoms with E-state index in [4.69, 9.17) is 0 Å². The zero-order valence-electron chi connectivity index (χ0n) is 10.2. The highest BCUT2D eigenvalue weighted by atomic mass is 16.2. The number of carbonyl (C=O) groups is 1. The molecule has 0 radical (unpaired) electrons. The minimum Gasteiger partial charge on any atom is -0.311 e. The van der Waals surface area contributed by atoms with Crippen molar-refractivity contribution in [1.82, 2.24) is 4.90 Å². The molecule has 86 valence electrons. The van der Waals surface area contributed by atoms with Crippen molar-refractivity contribution in [2.24, 2.45) is 23.7 Å². The van der Waals surface area contributed by atoms with Crippen LogP contribution >= 0.6 is 0 Å². The monoisotopic (exact) mass is 217 g/mol. The van der Waals surface area contributed by atoms with E-state index in [1.54, 1.807) is 0 Å². The molecule has 16 heavy (non-hydrogen) atoms. The van der Waals surface area contributed by atoms with E-state index in [1.807, 2.05) is 4.90 Å². The van der Waals surface area contributed by atoms with Crippen LogP contribution in [0.3, 0.4) is 0 Å². The summed E-state index contributed by atoms with van der Waals surface area (Å²) in [5.74, 6) is 1.94. The number of rotatable bonds is 0. The first kappa shape index (κ1) is 10.1. The Hall–Kier alpha value is -1.05. The average Bonchev–Trinajstić information content (AvgIpc) is 2.77. The Labute approximate surface area is 97.0 Å². The number of likely N-dealkylation sites (tertiary alicyclic amines) is 1. The highest BCUT2D eigenvalue weighted by Crippen LogP contribution is 2.56. The lowest BCUT2D eigenvalue weighted by atomic mass is 9.84. The first-order valence-corrected chi connectivity index (χ1v) is 6.12. The fraction of sp³-hybridized carbons (Fsp3) is 0.643. The Morgan fingerprint density at radius 1 is 1.25 bits per heavy atom. The Kier molecular flexibility index (Phi) is 1.77. The van der Waals surface area contributed by atoms with Crippen LogP contribution in [0.25, 0.3) is 0 Å². The van der Waals surface area contributed by atoms with Crippen molar-refractivity contribution < 1.29 is 4.79 Å². The number of amides is 1. The quantitative estimate of drug-likeness (QED) is 0.571. The van der Waals surface area contributed by atoms with Gasteiger partial charge in [0.25, 0.3) is 0 Å². The zero-order valence-corrected chi connectivity index (χ0v) is 10.2. The molecule has 0 aromatic carbocycles. The predicted molar refractivity (Wildman–Crippen MR) is 63.5 cm³/mol. The van der Waals surface area contributed by atoms with Crippen LogP contribution < -0.4 is 0 Å². The maximum Gasteiger partial charge on any atom is 0.231 e. The largest absolute Gasteiger partial charge is 0.311 e. The molecule has 2 bridgehead atoms. The lowest BCUT2D eigenvalue weighted by molar-refractivity contribution is -0.134. The lowest BCUT2D eigenvalue weighted by Gasteiger charge is -2.34. The van der Waals surface area contributed by atoms with Crippen molar-refractivity contribution in [1.29, 1.82) is 0 Å². The molecule has 4 atom stereocenters. The van der Waals surface area contributed by atoms with Gasteiger partial charge in [-0.15, -0.1) is 0 Å². The minimum absolute atomic E-state index is 0.127. The van der Waals surface area contributed by atoms with Crippen molar-refractivity contribution in [3.63, 3.8) is 0 Å². The minimum atomic E-state index is -0.127. The third kappa shape index (κ3) is 1.05. The first-order chi connectivity index (χ1) is 7.41. The molecule has 1 saturated carbocycles. The fourth-order valence-corrected chi connectivity index (χ4v) is 3.81. The summed E-state index contributed by atoms with van der Waals surface area (Å²) in [7, 11) is 0. The summed E-state index contributed by atoms with van der Waals surface area (Å²) in [6, 6.07) is 0. The molecule has 0 aromatic rings. The van der Waals surface area contributed by atoms with E-state index in [0.717, 1.165) is 12.1 Å². The molecule has 1 aliphatic heterocycles. The Balaban J connectivity index is 2.01. The van der Waals surface area contributed by atoms with Gasteiger partial charge < -0.3 is 4.90 Å². The van der Waals surface area contributed by atoms with E-state index < -0.39 is 0 Å². The molecular formula is C14H19NO.